The van der Waals surface area contributed by atoms with Crippen LogP contribution in [0.15, 0.2) is 62.6 Å². The molecule has 3 aromatic carbocycles. The Labute approximate surface area is 245 Å². The van der Waals surface area contributed by atoms with Crippen molar-refractivity contribution in [1.82, 2.24) is 10.7 Å². The highest BCUT2D eigenvalue weighted by Gasteiger charge is 2.20. The molecule has 3 rings (SSSR count). The Morgan fingerprint density at radius 1 is 0.897 bits per heavy atom. The zero-order chi connectivity index (χ0) is 28.5. The minimum absolute atomic E-state index is 0.144. The quantitative estimate of drug-likeness (QED) is 0.134. The number of nitrogens with one attached hydrogen (secondary N) is 2. The summed E-state index contributed by atoms with van der Waals surface area (Å²) in [7, 11) is 4.32. The van der Waals surface area contributed by atoms with Crippen LogP contribution in [0.1, 0.15) is 26.3 Å². The summed E-state index contributed by atoms with van der Waals surface area (Å²) < 4.78 is 22.6. The van der Waals surface area contributed by atoms with Crippen LogP contribution in [-0.2, 0) is 4.79 Å². The van der Waals surface area contributed by atoms with Gasteiger partial charge in [-0.1, -0.05) is 27.5 Å². The number of carbonyl (C=O) groups is 3. The van der Waals surface area contributed by atoms with Crippen LogP contribution >= 0.6 is 43.5 Å². The molecule has 0 unspecified atom stereocenters. The van der Waals surface area contributed by atoms with Crippen molar-refractivity contribution in [3.05, 3.63) is 79.2 Å². The van der Waals surface area contributed by atoms with Gasteiger partial charge in [0.1, 0.15) is 0 Å². The predicted molar refractivity (Wildman–Crippen MR) is 152 cm³/mol. The lowest BCUT2D eigenvalue weighted by molar-refractivity contribution is -0.120. The van der Waals surface area contributed by atoms with Gasteiger partial charge in [-0.05, 0) is 64.5 Å². The van der Waals surface area contributed by atoms with E-state index in [2.05, 4.69) is 47.7 Å². The van der Waals surface area contributed by atoms with Gasteiger partial charge in [0.15, 0.2) is 17.2 Å². The zero-order valence-corrected chi connectivity index (χ0v) is 24.8. The van der Waals surface area contributed by atoms with E-state index in [0.29, 0.717) is 30.8 Å². The highest BCUT2D eigenvalue weighted by molar-refractivity contribution is 9.11. The molecule has 0 radical (unpaired) electrons. The van der Waals surface area contributed by atoms with Crippen molar-refractivity contribution in [3.8, 4) is 23.0 Å². The lowest BCUT2D eigenvalue weighted by Crippen LogP contribution is -2.34. The number of halogens is 3. The summed E-state index contributed by atoms with van der Waals surface area (Å²) >= 11 is 12.6. The summed E-state index contributed by atoms with van der Waals surface area (Å²) in [5, 5.41) is 6.90. The number of hydrazone groups is 1. The summed E-state index contributed by atoms with van der Waals surface area (Å²) in [5.41, 5.74) is 3.18. The molecule has 0 saturated carbocycles. The van der Waals surface area contributed by atoms with E-state index < -0.39 is 17.8 Å². The Balaban J connectivity index is 1.72. The second kappa shape index (κ2) is 14.0. The number of rotatable bonds is 10. The molecule has 0 saturated heterocycles. The van der Waals surface area contributed by atoms with Crippen molar-refractivity contribution in [1.29, 1.82) is 0 Å². The summed E-state index contributed by atoms with van der Waals surface area (Å²) in [6.45, 7) is -0.316. The number of carbonyl (C=O) groups excluding carboxylic acids is 3. The van der Waals surface area contributed by atoms with Crippen molar-refractivity contribution >= 4 is 67.5 Å². The largest absolute Gasteiger partial charge is 0.493 e. The van der Waals surface area contributed by atoms with Gasteiger partial charge < -0.3 is 24.3 Å². The highest BCUT2D eigenvalue weighted by Crippen LogP contribution is 2.39. The average Bonchev–Trinajstić information content (AvgIpc) is 2.92. The molecular weight excluding hydrogens is 662 g/mol. The van der Waals surface area contributed by atoms with E-state index in [1.165, 1.54) is 39.7 Å². The van der Waals surface area contributed by atoms with Crippen LogP contribution in [0.2, 0.25) is 5.02 Å². The fourth-order valence-corrected chi connectivity index (χ4v) is 4.68. The van der Waals surface area contributed by atoms with Crippen LogP contribution in [0.5, 0.6) is 23.0 Å². The van der Waals surface area contributed by atoms with Crippen molar-refractivity contribution in [2.24, 2.45) is 5.10 Å². The zero-order valence-electron chi connectivity index (χ0n) is 20.8. The van der Waals surface area contributed by atoms with Gasteiger partial charge >= 0.3 is 5.97 Å². The molecule has 0 aliphatic rings. The first-order valence-electron chi connectivity index (χ1n) is 11.0. The predicted octanol–water partition coefficient (Wildman–Crippen LogP) is 4.99. The smallest absolute Gasteiger partial charge is 0.343 e. The van der Waals surface area contributed by atoms with Gasteiger partial charge in [-0.2, -0.15) is 5.10 Å². The first-order valence-corrected chi connectivity index (χ1v) is 13.0. The minimum Gasteiger partial charge on any atom is -0.493 e. The van der Waals surface area contributed by atoms with E-state index in [9.17, 15) is 14.4 Å². The molecule has 10 nitrogen and oxygen atoms in total. The molecule has 0 aliphatic heterocycles. The molecule has 39 heavy (non-hydrogen) atoms. The standard InChI is InChI=1S/C26H22Br2ClN3O7/c1-36-20-9-15(10-21(37-2)24(20)38-3)26(35)39-23-16(8-17(27)11-19(23)28)12-31-32-22(33)13-30-25(34)14-4-6-18(29)7-5-14/h4-12H,13H2,1-3H3,(H,30,34)(H,32,33)/b31-12-. The molecule has 2 N–H and O–H groups in total. The third kappa shape index (κ3) is 7.94. The maximum atomic E-state index is 13.0. The summed E-state index contributed by atoms with van der Waals surface area (Å²) in [6, 6.07) is 12.5. The monoisotopic (exact) mass is 681 g/mol. The fraction of sp³-hybridized carbons (Fsp3) is 0.154. The first kappa shape index (κ1) is 29.9. The maximum absolute atomic E-state index is 13.0. The molecule has 3 aromatic rings. The van der Waals surface area contributed by atoms with Gasteiger partial charge in [0.05, 0.1) is 44.1 Å². The lowest BCUT2D eigenvalue weighted by Gasteiger charge is -2.15. The number of hydrogen-bond donors (Lipinski definition) is 2. The van der Waals surface area contributed by atoms with Gasteiger partial charge in [0.2, 0.25) is 5.75 Å². The number of nitrogens with zero attached hydrogens (tertiary/aromatic N) is 1. The summed E-state index contributed by atoms with van der Waals surface area (Å²) in [4.78, 5) is 37.4. The van der Waals surface area contributed by atoms with Gasteiger partial charge in [-0.3, -0.25) is 9.59 Å². The maximum Gasteiger partial charge on any atom is 0.343 e. The Kier molecular flexibility index (Phi) is 10.7. The van der Waals surface area contributed by atoms with E-state index in [1.807, 2.05) is 0 Å². The lowest BCUT2D eigenvalue weighted by atomic mass is 10.1. The molecule has 2 amide bonds. The van der Waals surface area contributed by atoms with Gasteiger partial charge in [0.25, 0.3) is 11.8 Å². The summed E-state index contributed by atoms with van der Waals surface area (Å²) in [6.07, 6.45) is 1.30. The third-order valence-corrected chi connectivity index (χ3v) is 6.34. The van der Waals surface area contributed by atoms with Crippen LogP contribution in [0, 0.1) is 0 Å². The number of amides is 2. The number of benzene rings is 3. The molecule has 0 heterocycles. The number of methoxy groups -OCH3 is 3. The van der Waals surface area contributed by atoms with Crippen molar-refractivity contribution in [2.45, 2.75) is 0 Å². The SMILES string of the molecule is COc1cc(C(=O)Oc2c(Br)cc(Br)cc2/C=N\NC(=O)CNC(=O)c2ccc(Cl)cc2)cc(OC)c1OC. The molecule has 13 heteroatoms. The Bertz CT molecular complexity index is 1390. The van der Waals surface area contributed by atoms with Gasteiger partial charge in [0, 0.05) is 20.6 Å². The number of hydrogen-bond acceptors (Lipinski definition) is 8. The number of esters is 1. The second-order valence-electron chi connectivity index (χ2n) is 7.59. The normalized spacial score (nSPS) is 10.6. The van der Waals surface area contributed by atoms with E-state index in [4.69, 9.17) is 30.5 Å². The molecule has 0 aliphatic carbocycles. The first-order chi connectivity index (χ1) is 18.7. The van der Waals surface area contributed by atoms with Gasteiger partial charge in [-0.15, -0.1) is 0 Å². The molecule has 0 atom stereocenters. The van der Waals surface area contributed by atoms with E-state index in [-0.39, 0.29) is 29.4 Å². The van der Waals surface area contributed by atoms with Crippen LogP contribution in [0.3, 0.4) is 0 Å². The molecule has 0 aromatic heterocycles. The van der Waals surface area contributed by atoms with E-state index in [1.54, 1.807) is 36.4 Å². The van der Waals surface area contributed by atoms with Crippen molar-refractivity contribution < 1.29 is 33.3 Å². The Morgan fingerprint density at radius 3 is 2.13 bits per heavy atom. The third-order valence-electron chi connectivity index (χ3n) is 5.04. The van der Waals surface area contributed by atoms with E-state index >= 15 is 0 Å². The van der Waals surface area contributed by atoms with Crippen LogP contribution in [0.25, 0.3) is 0 Å². The topological polar surface area (TPSA) is 125 Å². The van der Waals surface area contributed by atoms with Crippen molar-refractivity contribution in [3.63, 3.8) is 0 Å². The van der Waals surface area contributed by atoms with Crippen LogP contribution in [-0.4, -0.2) is 51.9 Å². The van der Waals surface area contributed by atoms with Crippen LogP contribution in [0.4, 0.5) is 0 Å². The molecule has 204 valence electrons. The molecule has 0 fully saturated rings. The average molecular weight is 684 g/mol. The van der Waals surface area contributed by atoms with Crippen molar-refractivity contribution in [2.75, 3.05) is 27.9 Å². The Hall–Kier alpha value is -3.61. The summed E-state index contributed by atoms with van der Waals surface area (Å²) in [5.74, 6) is -0.680. The Morgan fingerprint density at radius 2 is 1.54 bits per heavy atom. The fourth-order valence-electron chi connectivity index (χ4n) is 3.21. The molecular formula is C26H22Br2ClN3O7. The molecule has 0 bridgehead atoms. The number of ether oxygens (including phenoxy) is 4. The highest BCUT2D eigenvalue weighted by atomic mass is 79.9. The minimum atomic E-state index is -0.708. The second-order valence-corrected chi connectivity index (χ2v) is 9.80. The van der Waals surface area contributed by atoms with E-state index in [0.717, 1.165) is 0 Å². The van der Waals surface area contributed by atoms with Gasteiger partial charge in [-0.25, -0.2) is 10.2 Å². The van der Waals surface area contributed by atoms with Crippen LogP contribution < -0.4 is 29.7 Å². The molecule has 0 spiro atoms.